The number of ether oxygens (including phenoxy) is 1. The van der Waals surface area contributed by atoms with E-state index >= 15 is 0 Å². The van der Waals surface area contributed by atoms with Crippen LogP contribution in [0.1, 0.15) is 35.3 Å². The predicted molar refractivity (Wildman–Crippen MR) is 80.2 cm³/mol. The lowest BCUT2D eigenvalue weighted by atomic mass is 9.92. The second kappa shape index (κ2) is 4.99. The summed E-state index contributed by atoms with van der Waals surface area (Å²) in [5, 5.41) is 0. The molecule has 0 bridgehead atoms. The van der Waals surface area contributed by atoms with Gasteiger partial charge in [-0.1, -0.05) is 46.3 Å². The van der Waals surface area contributed by atoms with Crippen LogP contribution in [0.3, 0.4) is 0 Å². The zero-order chi connectivity index (χ0) is 13.4. The third-order valence-electron chi connectivity index (χ3n) is 3.65. The average molecular weight is 318 g/mol. The summed E-state index contributed by atoms with van der Waals surface area (Å²) in [5.74, 6) is 0.890. The van der Waals surface area contributed by atoms with Crippen molar-refractivity contribution in [2.75, 3.05) is 0 Å². The van der Waals surface area contributed by atoms with Crippen LogP contribution in [0, 0.1) is 6.92 Å². The van der Waals surface area contributed by atoms with Gasteiger partial charge >= 0.3 is 0 Å². The Morgan fingerprint density at radius 3 is 2.74 bits per heavy atom. The molecule has 2 atom stereocenters. The van der Waals surface area contributed by atoms with Crippen molar-refractivity contribution in [2.24, 2.45) is 5.73 Å². The van der Waals surface area contributed by atoms with E-state index in [1.54, 1.807) is 0 Å². The van der Waals surface area contributed by atoms with E-state index in [2.05, 4.69) is 35.0 Å². The van der Waals surface area contributed by atoms with Gasteiger partial charge in [0.2, 0.25) is 0 Å². The van der Waals surface area contributed by atoms with Gasteiger partial charge in [0.1, 0.15) is 11.9 Å². The van der Waals surface area contributed by atoms with Crippen molar-refractivity contribution >= 4 is 15.9 Å². The SMILES string of the molecule is Cc1ccccc1C1C[C@@H](N)c2ccc(Br)cc2O1. The Morgan fingerprint density at radius 1 is 1.16 bits per heavy atom. The summed E-state index contributed by atoms with van der Waals surface area (Å²) < 4.78 is 7.16. The highest BCUT2D eigenvalue weighted by atomic mass is 79.9. The molecule has 1 heterocycles. The van der Waals surface area contributed by atoms with Crippen LogP contribution in [0.25, 0.3) is 0 Å². The molecule has 2 aromatic carbocycles. The molecule has 98 valence electrons. The molecule has 0 amide bonds. The number of benzene rings is 2. The molecule has 0 aromatic heterocycles. The summed E-state index contributed by atoms with van der Waals surface area (Å²) in [6.07, 6.45) is 0.859. The Labute approximate surface area is 121 Å². The maximum absolute atomic E-state index is 6.28. The highest BCUT2D eigenvalue weighted by molar-refractivity contribution is 9.10. The number of aryl methyl sites for hydroxylation is 1. The van der Waals surface area contributed by atoms with Crippen molar-refractivity contribution < 1.29 is 4.74 Å². The molecular formula is C16H16BrNO. The molecule has 3 rings (SSSR count). The molecule has 2 aromatic rings. The van der Waals surface area contributed by atoms with Crippen molar-refractivity contribution in [3.05, 3.63) is 63.6 Å². The van der Waals surface area contributed by atoms with Gasteiger partial charge in [0.05, 0.1) is 0 Å². The molecule has 2 nitrogen and oxygen atoms in total. The quantitative estimate of drug-likeness (QED) is 0.852. The Hall–Kier alpha value is -1.32. The lowest BCUT2D eigenvalue weighted by Crippen LogP contribution is -2.24. The molecule has 1 aliphatic heterocycles. The molecular weight excluding hydrogens is 302 g/mol. The largest absolute Gasteiger partial charge is 0.485 e. The van der Waals surface area contributed by atoms with Crippen molar-refractivity contribution in [3.63, 3.8) is 0 Å². The zero-order valence-electron chi connectivity index (χ0n) is 10.8. The highest BCUT2D eigenvalue weighted by Gasteiger charge is 2.27. The van der Waals surface area contributed by atoms with Gasteiger partial charge in [-0.05, 0) is 30.2 Å². The molecule has 1 unspecified atom stereocenters. The maximum Gasteiger partial charge on any atom is 0.126 e. The van der Waals surface area contributed by atoms with Gasteiger partial charge in [-0.3, -0.25) is 0 Å². The molecule has 0 aliphatic carbocycles. The minimum absolute atomic E-state index is 0.0291. The van der Waals surface area contributed by atoms with Crippen LogP contribution < -0.4 is 10.5 Å². The first kappa shape index (κ1) is 12.7. The fourth-order valence-corrected chi connectivity index (χ4v) is 2.95. The second-order valence-electron chi connectivity index (χ2n) is 4.99. The lowest BCUT2D eigenvalue weighted by Gasteiger charge is -2.31. The van der Waals surface area contributed by atoms with E-state index in [9.17, 15) is 0 Å². The minimum atomic E-state index is 0.0291. The van der Waals surface area contributed by atoms with E-state index in [1.165, 1.54) is 11.1 Å². The number of nitrogens with two attached hydrogens (primary N) is 1. The maximum atomic E-state index is 6.28. The van der Waals surface area contributed by atoms with Gasteiger partial charge in [0, 0.05) is 22.5 Å². The first-order valence-corrected chi connectivity index (χ1v) is 7.21. The molecule has 3 heteroatoms. The number of rotatable bonds is 1. The van der Waals surface area contributed by atoms with E-state index in [0.717, 1.165) is 22.2 Å². The first-order chi connectivity index (χ1) is 9.15. The van der Waals surface area contributed by atoms with Crippen molar-refractivity contribution in [2.45, 2.75) is 25.5 Å². The zero-order valence-corrected chi connectivity index (χ0v) is 12.4. The Kier molecular flexibility index (Phi) is 3.33. The third kappa shape index (κ3) is 2.40. The molecule has 0 saturated heterocycles. The summed E-state index contributed by atoms with van der Waals surface area (Å²) in [6.45, 7) is 2.11. The Bertz CT molecular complexity index is 611. The fraction of sp³-hybridized carbons (Fsp3) is 0.250. The summed E-state index contributed by atoms with van der Waals surface area (Å²) >= 11 is 3.48. The van der Waals surface area contributed by atoms with Gasteiger partial charge in [0.15, 0.2) is 0 Å². The van der Waals surface area contributed by atoms with Crippen LogP contribution in [0.15, 0.2) is 46.9 Å². The monoisotopic (exact) mass is 317 g/mol. The Morgan fingerprint density at radius 2 is 1.95 bits per heavy atom. The highest BCUT2D eigenvalue weighted by Crippen LogP contribution is 2.41. The molecule has 2 N–H and O–H groups in total. The summed E-state index contributed by atoms with van der Waals surface area (Å²) in [6, 6.07) is 14.4. The van der Waals surface area contributed by atoms with Crippen LogP contribution in [0.5, 0.6) is 5.75 Å². The van der Waals surface area contributed by atoms with Crippen molar-refractivity contribution in [1.29, 1.82) is 0 Å². The number of hydrogen-bond acceptors (Lipinski definition) is 2. The lowest BCUT2D eigenvalue weighted by molar-refractivity contribution is 0.161. The molecule has 0 radical (unpaired) electrons. The smallest absolute Gasteiger partial charge is 0.126 e. The molecule has 19 heavy (non-hydrogen) atoms. The van der Waals surface area contributed by atoms with E-state index in [-0.39, 0.29) is 12.1 Å². The van der Waals surface area contributed by atoms with E-state index in [1.807, 2.05) is 30.3 Å². The standard InChI is InChI=1S/C16H16BrNO/c1-10-4-2-3-5-12(10)16-9-14(18)13-7-6-11(17)8-15(13)19-16/h2-8,14,16H,9,18H2,1H3/t14-,16?/m1/s1. The summed E-state index contributed by atoms with van der Waals surface area (Å²) in [4.78, 5) is 0. The van der Waals surface area contributed by atoms with Crippen molar-refractivity contribution in [1.82, 2.24) is 0 Å². The van der Waals surface area contributed by atoms with Crippen LogP contribution in [0.2, 0.25) is 0 Å². The second-order valence-corrected chi connectivity index (χ2v) is 5.90. The molecule has 0 spiro atoms. The van der Waals surface area contributed by atoms with E-state index in [0.29, 0.717) is 0 Å². The fourth-order valence-electron chi connectivity index (χ4n) is 2.61. The van der Waals surface area contributed by atoms with Gasteiger partial charge in [-0.2, -0.15) is 0 Å². The summed E-state index contributed by atoms with van der Waals surface area (Å²) in [7, 11) is 0. The van der Waals surface area contributed by atoms with Crippen LogP contribution in [-0.2, 0) is 0 Å². The number of hydrogen-bond donors (Lipinski definition) is 1. The number of fused-ring (bicyclic) bond motifs is 1. The Balaban J connectivity index is 1.99. The molecule has 0 saturated carbocycles. The van der Waals surface area contributed by atoms with Gasteiger partial charge in [0.25, 0.3) is 0 Å². The summed E-state index contributed by atoms with van der Waals surface area (Å²) in [5.41, 5.74) is 9.84. The van der Waals surface area contributed by atoms with E-state index < -0.39 is 0 Å². The average Bonchev–Trinajstić information content (AvgIpc) is 2.38. The van der Waals surface area contributed by atoms with Gasteiger partial charge in [-0.25, -0.2) is 0 Å². The van der Waals surface area contributed by atoms with Gasteiger partial charge in [-0.15, -0.1) is 0 Å². The first-order valence-electron chi connectivity index (χ1n) is 6.42. The number of halogens is 1. The van der Waals surface area contributed by atoms with Crippen LogP contribution >= 0.6 is 15.9 Å². The third-order valence-corrected chi connectivity index (χ3v) is 4.14. The topological polar surface area (TPSA) is 35.2 Å². The predicted octanol–water partition coefficient (Wildman–Crippen LogP) is 4.28. The van der Waals surface area contributed by atoms with Crippen LogP contribution in [0.4, 0.5) is 0 Å². The molecule has 0 fully saturated rings. The van der Waals surface area contributed by atoms with Crippen molar-refractivity contribution in [3.8, 4) is 5.75 Å². The minimum Gasteiger partial charge on any atom is -0.485 e. The van der Waals surface area contributed by atoms with E-state index in [4.69, 9.17) is 10.5 Å². The van der Waals surface area contributed by atoms with Gasteiger partial charge < -0.3 is 10.5 Å². The van der Waals surface area contributed by atoms with Crippen LogP contribution in [-0.4, -0.2) is 0 Å². The molecule has 1 aliphatic rings. The normalized spacial score (nSPS) is 21.6.